The molecule has 3 heterocycles. The second kappa shape index (κ2) is 9.03. The molecular weight excluding hydrogens is 368 g/mol. The predicted molar refractivity (Wildman–Crippen MR) is 111 cm³/mol. The van der Waals surface area contributed by atoms with Crippen LogP contribution in [0.4, 0.5) is 10.6 Å². The Labute approximate surface area is 171 Å². The molecule has 2 amide bonds. The van der Waals surface area contributed by atoms with E-state index in [2.05, 4.69) is 21.3 Å². The highest BCUT2D eigenvalue weighted by Gasteiger charge is 2.17. The first kappa shape index (κ1) is 19.4. The number of carbonyl (C=O) groups is 1. The van der Waals surface area contributed by atoms with E-state index in [0.29, 0.717) is 19.6 Å². The number of fused-ring (bicyclic) bond motifs is 1. The van der Waals surface area contributed by atoms with Crippen molar-refractivity contribution in [2.75, 3.05) is 31.3 Å². The number of benzene rings is 1. The van der Waals surface area contributed by atoms with Crippen LogP contribution in [0.2, 0.25) is 0 Å². The summed E-state index contributed by atoms with van der Waals surface area (Å²) in [6.07, 6.45) is 5.56. The lowest BCUT2D eigenvalue weighted by Crippen LogP contribution is -2.39. The number of urea groups is 1. The normalized spacial score (nSPS) is 15.3. The summed E-state index contributed by atoms with van der Waals surface area (Å²) < 4.78 is 10.8. The van der Waals surface area contributed by atoms with E-state index in [1.807, 2.05) is 37.4 Å². The van der Waals surface area contributed by atoms with Gasteiger partial charge in [0.15, 0.2) is 11.5 Å². The molecule has 4 rings (SSSR count). The van der Waals surface area contributed by atoms with E-state index < -0.39 is 0 Å². The molecule has 154 valence electrons. The minimum absolute atomic E-state index is 0.0819. The summed E-state index contributed by atoms with van der Waals surface area (Å²) >= 11 is 0. The molecule has 7 nitrogen and oxygen atoms in total. The van der Waals surface area contributed by atoms with Crippen LogP contribution < -0.4 is 19.7 Å². The number of hydrogen-bond donors (Lipinski definition) is 1. The molecule has 0 bridgehead atoms. The van der Waals surface area contributed by atoms with Crippen LogP contribution in [0.5, 0.6) is 11.5 Å². The number of nitrogens with zero attached hydrogens (tertiary/aromatic N) is 3. The lowest BCUT2D eigenvalue weighted by atomic mass is 10.1. The summed E-state index contributed by atoms with van der Waals surface area (Å²) in [5, 5.41) is 3.04. The quantitative estimate of drug-likeness (QED) is 0.809. The molecule has 0 aliphatic carbocycles. The summed E-state index contributed by atoms with van der Waals surface area (Å²) in [6, 6.07) is 9.76. The summed E-state index contributed by atoms with van der Waals surface area (Å²) in [4.78, 5) is 21.3. The van der Waals surface area contributed by atoms with Crippen LogP contribution in [-0.2, 0) is 13.1 Å². The SMILES string of the molecule is CCN(Cc1ccc2c(c1)OCO2)C(=O)NCc1ccnc(N2CCCCC2)c1. The third-order valence-electron chi connectivity index (χ3n) is 5.41. The van der Waals surface area contributed by atoms with Gasteiger partial charge in [-0.25, -0.2) is 9.78 Å². The van der Waals surface area contributed by atoms with E-state index >= 15 is 0 Å². The molecule has 2 aromatic rings. The van der Waals surface area contributed by atoms with Gasteiger partial charge in [0, 0.05) is 38.9 Å². The topological polar surface area (TPSA) is 66.9 Å². The number of aromatic nitrogens is 1. The van der Waals surface area contributed by atoms with Gasteiger partial charge in [0.25, 0.3) is 0 Å². The molecule has 0 radical (unpaired) electrons. The molecule has 1 saturated heterocycles. The monoisotopic (exact) mass is 396 g/mol. The van der Waals surface area contributed by atoms with E-state index in [-0.39, 0.29) is 12.8 Å². The molecular formula is C22H28N4O3. The number of rotatable bonds is 6. The van der Waals surface area contributed by atoms with Crippen LogP contribution in [0, 0.1) is 0 Å². The highest BCUT2D eigenvalue weighted by molar-refractivity contribution is 5.74. The number of carbonyl (C=O) groups excluding carboxylic acids is 1. The standard InChI is InChI=1S/C22H28N4O3/c1-2-25(15-18-6-7-19-20(12-18)29-16-28-19)22(27)24-14-17-8-9-23-21(13-17)26-10-4-3-5-11-26/h6-9,12-13H,2-5,10-11,14-16H2,1H3,(H,24,27). The third kappa shape index (κ3) is 4.72. The van der Waals surface area contributed by atoms with Crippen LogP contribution in [0.15, 0.2) is 36.5 Å². The molecule has 29 heavy (non-hydrogen) atoms. The Hall–Kier alpha value is -2.96. The van der Waals surface area contributed by atoms with Gasteiger partial charge in [-0.1, -0.05) is 6.07 Å². The number of amides is 2. The van der Waals surface area contributed by atoms with Crippen LogP contribution in [0.25, 0.3) is 0 Å². The Morgan fingerprint density at radius 2 is 1.93 bits per heavy atom. The molecule has 1 aromatic heterocycles. The highest BCUT2D eigenvalue weighted by Crippen LogP contribution is 2.32. The molecule has 0 unspecified atom stereocenters. The summed E-state index contributed by atoms with van der Waals surface area (Å²) in [5.41, 5.74) is 2.08. The number of hydrogen-bond acceptors (Lipinski definition) is 5. The second-order valence-corrected chi connectivity index (χ2v) is 7.43. The van der Waals surface area contributed by atoms with Gasteiger partial charge in [-0.05, 0) is 61.6 Å². The Morgan fingerprint density at radius 3 is 2.76 bits per heavy atom. The van der Waals surface area contributed by atoms with Gasteiger partial charge < -0.3 is 24.6 Å². The van der Waals surface area contributed by atoms with Crippen molar-refractivity contribution in [3.8, 4) is 11.5 Å². The van der Waals surface area contributed by atoms with Crippen LogP contribution in [0.1, 0.15) is 37.3 Å². The van der Waals surface area contributed by atoms with Crippen molar-refractivity contribution in [3.63, 3.8) is 0 Å². The predicted octanol–water partition coefficient (Wildman–Crippen LogP) is 3.53. The number of pyridine rings is 1. The first-order valence-electron chi connectivity index (χ1n) is 10.3. The van der Waals surface area contributed by atoms with Crippen LogP contribution >= 0.6 is 0 Å². The average molecular weight is 396 g/mol. The maximum Gasteiger partial charge on any atom is 0.317 e. The third-order valence-corrected chi connectivity index (χ3v) is 5.41. The zero-order valence-electron chi connectivity index (χ0n) is 16.9. The fraction of sp³-hybridized carbons (Fsp3) is 0.455. The Kier molecular flexibility index (Phi) is 6.03. The smallest absolute Gasteiger partial charge is 0.317 e. The fourth-order valence-electron chi connectivity index (χ4n) is 3.74. The second-order valence-electron chi connectivity index (χ2n) is 7.43. The van der Waals surface area contributed by atoms with Gasteiger partial charge in [-0.2, -0.15) is 0 Å². The minimum atomic E-state index is -0.0819. The molecule has 7 heteroatoms. The van der Waals surface area contributed by atoms with Crippen molar-refractivity contribution >= 4 is 11.8 Å². The first-order chi connectivity index (χ1) is 14.2. The van der Waals surface area contributed by atoms with E-state index in [1.54, 1.807) is 4.90 Å². The maximum absolute atomic E-state index is 12.7. The van der Waals surface area contributed by atoms with Crippen molar-refractivity contribution in [1.82, 2.24) is 15.2 Å². The fourth-order valence-corrected chi connectivity index (χ4v) is 3.74. The lowest BCUT2D eigenvalue weighted by molar-refractivity contribution is 0.173. The van der Waals surface area contributed by atoms with Crippen LogP contribution in [-0.4, -0.2) is 42.3 Å². The number of anilines is 1. The molecule has 2 aliphatic rings. The Balaban J connectivity index is 1.34. The van der Waals surface area contributed by atoms with Gasteiger partial charge in [-0.15, -0.1) is 0 Å². The highest BCUT2D eigenvalue weighted by atomic mass is 16.7. The molecule has 1 aromatic carbocycles. The molecule has 0 saturated carbocycles. The molecule has 1 fully saturated rings. The van der Waals surface area contributed by atoms with E-state index in [0.717, 1.165) is 41.5 Å². The summed E-state index contributed by atoms with van der Waals surface area (Å²) in [7, 11) is 0. The number of nitrogens with one attached hydrogen (secondary N) is 1. The number of ether oxygens (including phenoxy) is 2. The Morgan fingerprint density at radius 1 is 1.10 bits per heavy atom. The molecule has 2 aliphatic heterocycles. The Bertz CT molecular complexity index is 852. The van der Waals surface area contributed by atoms with Crippen molar-refractivity contribution < 1.29 is 14.3 Å². The maximum atomic E-state index is 12.7. The first-order valence-corrected chi connectivity index (χ1v) is 10.3. The van der Waals surface area contributed by atoms with Crippen molar-refractivity contribution in [2.24, 2.45) is 0 Å². The minimum Gasteiger partial charge on any atom is -0.454 e. The van der Waals surface area contributed by atoms with Crippen LogP contribution in [0.3, 0.4) is 0 Å². The average Bonchev–Trinajstić information content (AvgIpc) is 3.24. The zero-order chi connectivity index (χ0) is 20.1. The van der Waals surface area contributed by atoms with Gasteiger partial charge in [0.2, 0.25) is 6.79 Å². The lowest BCUT2D eigenvalue weighted by Gasteiger charge is -2.28. The van der Waals surface area contributed by atoms with Gasteiger partial charge in [0.05, 0.1) is 0 Å². The largest absolute Gasteiger partial charge is 0.454 e. The summed E-state index contributed by atoms with van der Waals surface area (Å²) in [6.45, 7) is 5.98. The molecule has 1 N–H and O–H groups in total. The molecule has 0 atom stereocenters. The number of piperidine rings is 1. The van der Waals surface area contributed by atoms with E-state index in [4.69, 9.17) is 9.47 Å². The zero-order valence-corrected chi connectivity index (χ0v) is 16.9. The van der Waals surface area contributed by atoms with Gasteiger partial charge >= 0.3 is 6.03 Å². The van der Waals surface area contributed by atoms with E-state index in [1.165, 1.54) is 19.3 Å². The van der Waals surface area contributed by atoms with Crippen molar-refractivity contribution in [3.05, 3.63) is 47.7 Å². The summed E-state index contributed by atoms with van der Waals surface area (Å²) in [5.74, 6) is 2.49. The van der Waals surface area contributed by atoms with E-state index in [9.17, 15) is 4.79 Å². The van der Waals surface area contributed by atoms with Gasteiger partial charge in [0.1, 0.15) is 5.82 Å². The van der Waals surface area contributed by atoms with Crippen molar-refractivity contribution in [1.29, 1.82) is 0 Å². The van der Waals surface area contributed by atoms with Crippen molar-refractivity contribution in [2.45, 2.75) is 39.3 Å². The molecule has 0 spiro atoms. The van der Waals surface area contributed by atoms with Gasteiger partial charge in [-0.3, -0.25) is 0 Å².